The van der Waals surface area contributed by atoms with E-state index < -0.39 is 6.10 Å². The molecule has 0 radical (unpaired) electrons. The first-order valence-corrected chi connectivity index (χ1v) is 6.69. The Labute approximate surface area is 128 Å². The van der Waals surface area contributed by atoms with E-state index in [1.54, 1.807) is 36.4 Å². The fourth-order valence-corrected chi connectivity index (χ4v) is 1.77. The molecule has 2 aromatic rings. The highest BCUT2D eigenvalue weighted by molar-refractivity contribution is 5.60. The Morgan fingerprint density at radius 2 is 1.18 bits per heavy atom. The van der Waals surface area contributed by atoms with Crippen LogP contribution in [0.5, 0.6) is 11.5 Å². The predicted molar refractivity (Wildman–Crippen MR) is 87.5 cm³/mol. The van der Waals surface area contributed by atoms with E-state index in [9.17, 15) is 5.11 Å². The van der Waals surface area contributed by atoms with E-state index in [4.69, 9.17) is 32.4 Å². The quantitative estimate of drug-likeness (QED) is 0.497. The first-order chi connectivity index (χ1) is 10.5. The number of aliphatic hydroxyl groups excluding tert-OH is 1. The standard InChI is InChI=1S/C15H20N4O3/c16-9-1-3-12(18)14(5-9)21-7-11(20)8-22-15-6-10(17)2-4-13(15)19/h1-6,11,20H,7-8,16-19H2. The summed E-state index contributed by atoms with van der Waals surface area (Å²) in [6, 6.07) is 9.81. The van der Waals surface area contributed by atoms with Crippen molar-refractivity contribution in [1.82, 2.24) is 0 Å². The molecule has 0 bridgehead atoms. The lowest BCUT2D eigenvalue weighted by Gasteiger charge is -2.16. The van der Waals surface area contributed by atoms with E-state index >= 15 is 0 Å². The van der Waals surface area contributed by atoms with Gasteiger partial charge in [0.25, 0.3) is 0 Å². The number of nitrogens with two attached hydrogens (primary N) is 4. The van der Waals surface area contributed by atoms with Gasteiger partial charge in [-0.05, 0) is 24.3 Å². The summed E-state index contributed by atoms with van der Waals surface area (Å²) in [5.74, 6) is 0.838. The molecule has 0 aliphatic rings. The average molecular weight is 304 g/mol. The van der Waals surface area contributed by atoms with Gasteiger partial charge in [-0.25, -0.2) is 0 Å². The molecule has 0 aromatic heterocycles. The Bertz CT molecular complexity index is 593. The third-order valence-electron chi connectivity index (χ3n) is 2.94. The summed E-state index contributed by atoms with van der Waals surface area (Å²) < 4.78 is 10.9. The van der Waals surface area contributed by atoms with Crippen LogP contribution in [-0.4, -0.2) is 24.4 Å². The molecule has 0 heterocycles. The molecule has 0 fully saturated rings. The number of ether oxygens (including phenoxy) is 2. The van der Waals surface area contributed by atoms with E-state index in [-0.39, 0.29) is 13.2 Å². The Hall–Kier alpha value is -2.80. The van der Waals surface area contributed by atoms with Crippen LogP contribution in [0.1, 0.15) is 0 Å². The van der Waals surface area contributed by atoms with Gasteiger partial charge in [0.05, 0.1) is 11.4 Å². The number of rotatable bonds is 6. The van der Waals surface area contributed by atoms with Crippen LogP contribution < -0.4 is 32.4 Å². The Kier molecular flexibility index (Phi) is 4.80. The molecule has 0 atom stereocenters. The highest BCUT2D eigenvalue weighted by Gasteiger charge is 2.10. The zero-order chi connectivity index (χ0) is 16.1. The third kappa shape index (κ3) is 4.10. The van der Waals surface area contributed by atoms with Gasteiger partial charge in [-0.1, -0.05) is 0 Å². The van der Waals surface area contributed by atoms with Gasteiger partial charge in [0.2, 0.25) is 0 Å². The summed E-state index contributed by atoms with van der Waals surface area (Å²) in [4.78, 5) is 0. The third-order valence-corrected chi connectivity index (χ3v) is 2.94. The number of benzene rings is 2. The van der Waals surface area contributed by atoms with Crippen molar-refractivity contribution in [3.05, 3.63) is 36.4 Å². The van der Waals surface area contributed by atoms with E-state index in [0.29, 0.717) is 34.2 Å². The molecule has 0 spiro atoms. The van der Waals surface area contributed by atoms with Crippen molar-refractivity contribution in [2.45, 2.75) is 6.10 Å². The predicted octanol–water partition coefficient (Wildman–Crippen LogP) is 0.834. The maximum absolute atomic E-state index is 9.90. The van der Waals surface area contributed by atoms with Crippen LogP contribution in [0.25, 0.3) is 0 Å². The summed E-state index contributed by atoms with van der Waals surface area (Å²) in [6.07, 6.45) is -0.860. The molecular weight excluding hydrogens is 284 g/mol. The van der Waals surface area contributed by atoms with E-state index in [0.717, 1.165) is 0 Å². The second kappa shape index (κ2) is 6.77. The van der Waals surface area contributed by atoms with Gasteiger partial charge in [0, 0.05) is 23.5 Å². The van der Waals surface area contributed by atoms with Crippen LogP contribution in [0, 0.1) is 0 Å². The van der Waals surface area contributed by atoms with Crippen molar-refractivity contribution in [3.8, 4) is 11.5 Å². The fraction of sp³-hybridized carbons (Fsp3) is 0.200. The highest BCUT2D eigenvalue weighted by Crippen LogP contribution is 2.25. The number of aliphatic hydroxyl groups is 1. The summed E-state index contributed by atoms with van der Waals surface area (Å²) in [7, 11) is 0. The lowest BCUT2D eigenvalue weighted by atomic mass is 10.2. The summed E-state index contributed by atoms with van der Waals surface area (Å²) in [5.41, 5.74) is 24.8. The SMILES string of the molecule is Nc1ccc(N)c(OCC(O)COc2cc(N)ccc2N)c1. The summed E-state index contributed by atoms with van der Waals surface area (Å²) in [5, 5.41) is 9.90. The molecule has 0 unspecified atom stereocenters. The molecule has 0 saturated heterocycles. The second-order valence-electron chi connectivity index (χ2n) is 4.87. The minimum Gasteiger partial charge on any atom is -0.489 e. The normalized spacial score (nSPS) is 10.6. The minimum absolute atomic E-state index is 0.00980. The largest absolute Gasteiger partial charge is 0.489 e. The van der Waals surface area contributed by atoms with Gasteiger partial charge in [0.1, 0.15) is 30.8 Å². The van der Waals surface area contributed by atoms with Crippen LogP contribution in [-0.2, 0) is 0 Å². The lowest BCUT2D eigenvalue weighted by molar-refractivity contribution is 0.0632. The van der Waals surface area contributed by atoms with Crippen LogP contribution in [0.2, 0.25) is 0 Å². The molecule has 118 valence electrons. The molecule has 0 aliphatic heterocycles. The number of anilines is 4. The molecule has 0 saturated carbocycles. The lowest BCUT2D eigenvalue weighted by Crippen LogP contribution is -2.25. The monoisotopic (exact) mass is 304 g/mol. The Morgan fingerprint density at radius 1 is 0.773 bits per heavy atom. The number of nitrogen functional groups attached to an aromatic ring is 4. The van der Waals surface area contributed by atoms with Gasteiger partial charge >= 0.3 is 0 Å². The van der Waals surface area contributed by atoms with Gasteiger partial charge in [0.15, 0.2) is 0 Å². The maximum atomic E-state index is 9.90. The van der Waals surface area contributed by atoms with E-state index in [2.05, 4.69) is 0 Å². The zero-order valence-electron chi connectivity index (χ0n) is 12.0. The first kappa shape index (κ1) is 15.6. The molecular formula is C15H20N4O3. The van der Waals surface area contributed by atoms with Crippen molar-refractivity contribution in [2.75, 3.05) is 36.1 Å². The van der Waals surface area contributed by atoms with Crippen molar-refractivity contribution < 1.29 is 14.6 Å². The first-order valence-electron chi connectivity index (χ1n) is 6.69. The molecule has 7 nitrogen and oxygen atoms in total. The van der Waals surface area contributed by atoms with Crippen LogP contribution in [0.15, 0.2) is 36.4 Å². The topological polar surface area (TPSA) is 143 Å². The number of hydrogen-bond donors (Lipinski definition) is 5. The van der Waals surface area contributed by atoms with Crippen LogP contribution >= 0.6 is 0 Å². The molecule has 7 heteroatoms. The van der Waals surface area contributed by atoms with E-state index in [1.807, 2.05) is 0 Å². The molecule has 0 aliphatic carbocycles. The fourth-order valence-electron chi connectivity index (χ4n) is 1.77. The van der Waals surface area contributed by atoms with Crippen LogP contribution in [0.4, 0.5) is 22.7 Å². The van der Waals surface area contributed by atoms with Gasteiger partial charge in [-0.15, -0.1) is 0 Å². The van der Waals surface area contributed by atoms with Crippen LogP contribution in [0.3, 0.4) is 0 Å². The molecule has 2 aromatic carbocycles. The average Bonchev–Trinajstić information content (AvgIpc) is 2.49. The zero-order valence-corrected chi connectivity index (χ0v) is 12.0. The molecule has 2 rings (SSSR count). The molecule has 0 amide bonds. The smallest absolute Gasteiger partial charge is 0.144 e. The second-order valence-corrected chi connectivity index (χ2v) is 4.87. The highest BCUT2D eigenvalue weighted by atomic mass is 16.5. The minimum atomic E-state index is -0.860. The van der Waals surface area contributed by atoms with Crippen molar-refractivity contribution >= 4 is 22.7 Å². The van der Waals surface area contributed by atoms with Gasteiger partial charge < -0.3 is 37.5 Å². The number of hydrogen-bond acceptors (Lipinski definition) is 7. The van der Waals surface area contributed by atoms with Crippen molar-refractivity contribution in [1.29, 1.82) is 0 Å². The molecule has 22 heavy (non-hydrogen) atoms. The van der Waals surface area contributed by atoms with Gasteiger partial charge in [-0.3, -0.25) is 0 Å². The van der Waals surface area contributed by atoms with E-state index in [1.165, 1.54) is 0 Å². The van der Waals surface area contributed by atoms with Crippen molar-refractivity contribution in [2.24, 2.45) is 0 Å². The maximum Gasteiger partial charge on any atom is 0.144 e. The summed E-state index contributed by atoms with van der Waals surface area (Å²) >= 11 is 0. The Balaban J connectivity index is 1.86. The Morgan fingerprint density at radius 3 is 1.59 bits per heavy atom. The van der Waals surface area contributed by atoms with Gasteiger partial charge in [-0.2, -0.15) is 0 Å². The molecule has 9 N–H and O–H groups in total. The van der Waals surface area contributed by atoms with Crippen molar-refractivity contribution in [3.63, 3.8) is 0 Å². The summed E-state index contributed by atoms with van der Waals surface area (Å²) in [6.45, 7) is 0.0196.